The first kappa shape index (κ1) is 30.0. The van der Waals surface area contributed by atoms with E-state index in [1.54, 1.807) is 33.8 Å². The van der Waals surface area contributed by atoms with Crippen LogP contribution in [0.4, 0.5) is 8.78 Å². The Labute approximate surface area is 242 Å². The van der Waals surface area contributed by atoms with E-state index in [9.17, 15) is 14.0 Å². The summed E-state index contributed by atoms with van der Waals surface area (Å²) in [5.41, 5.74) is 0.785. The first-order chi connectivity index (χ1) is 18.9. The Morgan fingerprint density at radius 1 is 1.15 bits per heavy atom. The smallest absolute Gasteiger partial charge is 0.339 e. The Morgan fingerprint density at radius 3 is 2.48 bits per heavy atom. The second-order valence-electron chi connectivity index (χ2n) is 11.2. The van der Waals surface area contributed by atoms with Gasteiger partial charge < -0.3 is 14.5 Å². The van der Waals surface area contributed by atoms with Crippen molar-refractivity contribution >= 4 is 35.6 Å². The fourth-order valence-corrected chi connectivity index (χ4v) is 5.82. The summed E-state index contributed by atoms with van der Waals surface area (Å²) in [4.78, 5) is 33.1. The Hall–Kier alpha value is -2.97. The van der Waals surface area contributed by atoms with Crippen molar-refractivity contribution in [1.29, 1.82) is 0 Å². The molecule has 2 unspecified atom stereocenters. The van der Waals surface area contributed by atoms with Gasteiger partial charge in [-0.15, -0.1) is 0 Å². The monoisotopic (exact) mass is 592 g/mol. The summed E-state index contributed by atoms with van der Waals surface area (Å²) >= 11 is 12.5. The Bertz CT molecular complexity index is 1400. The number of carbonyl (C=O) groups excluding carboxylic acids is 2. The number of esters is 1. The molecule has 6 nitrogen and oxygen atoms in total. The molecular formula is C30H32Cl2F2N2O4. The lowest BCUT2D eigenvalue weighted by molar-refractivity contribution is -0.136. The largest absolute Gasteiger partial charge is 0.459 e. The van der Waals surface area contributed by atoms with E-state index < -0.39 is 35.2 Å². The maximum atomic E-state index is 16.2. The Balaban J connectivity index is 1.96. The summed E-state index contributed by atoms with van der Waals surface area (Å²) in [6.07, 6.45) is 4.63. The fourth-order valence-electron chi connectivity index (χ4n) is 5.49. The second-order valence-corrected chi connectivity index (χ2v) is 11.9. The lowest BCUT2D eigenvalue weighted by atomic mass is 9.73. The summed E-state index contributed by atoms with van der Waals surface area (Å²) in [5.74, 6) is -2.96. The van der Waals surface area contributed by atoms with Gasteiger partial charge in [0.1, 0.15) is 23.3 Å². The number of halogens is 4. The van der Waals surface area contributed by atoms with Gasteiger partial charge in [-0.3, -0.25) is 4.79 Å². The molecular weight excluding hydrogens is 561 g/mol. The van der Waals surface area contributed by atoms with Crippen molar-refractivity contribution in [3.63, 3.8) is 0 Å². The van der Waals surface area contributed by atoms with Crippen LogP contribution in [0, 0.1) is 24.5 Å². The Kier molecular flexibility index (Phi) is 9.20. The molecule has 1 fully saturated rings. The van der Waals surface area contributed by atoms with Crippen LogP contribution < -0.4 is 0 Å². The number of aryl methyl sites for hydroxylation is 1. The molecule has 4 rings (SSSR count). The topological polar surface area (TPSA) is 81.3 Å². The Morgan fingerprint density at radius 2 is 1.85 bits per heavy atom. The van der Waals surface area contributed by atoms with Gasteiger partial charge in [0.15, 0.2) is 0 Å². The third kappa shape index (κ3) is 6.33. The van der Waals surface area contributed by atoms with E-state index in [2.05, 4.69) is 9.97 Å². The van der Waals surface area contributed by atoms with Gasteiger partial charge in [-0.2, -0.15) is 0 Å². The quantitative estimate of drug-likeness (QED) is 0.209. The zero-order valence-corrected chi connectivity index (χ0v) is 24.3. The highest BCUT2D eigenvalue weighted by Crippen LogP contribution is 2.49. The highest BCUT2D eigenvalue weighted by molar-refractivity contribution is 6.31. The number of imidazole rings is 1. The van der Waals surface area contributed by atoms with Crippen molar-refractivity contribution in [2.45, 2.75) is 77.4 Å². The number of rotatable bonds is 8. The molecule has 1 aromatic heterocycles. The third-order valence-electron chi connectivity index (χ3n) is 7.21. The third-order valence-corrected chi connectivity index (χ3v) is 7.96. The number of H-pyrrole nitrogens is 1. The van der Waals surface area contributed by atoms with Crippen LogP contribution in [0.15, 0.2) is 30.6 Å². The van der Waals surface area contributed by atoms with E-state index in [0.29, 0.717) is 22.5 Å². The van der Waals surface area contributed by atoms with Crippen LogP contribution in [0.5, 0.6) is 0 Å². The van der Waals surface area contributed by atoms with Gasteiger partial charge in [-0.25, -0.2) is 18.6 Å². The molecule has 1 saturated carbocycles. The highest BCUT2D eigenvalue weighted by atomic mass is 35.5. The number of hydrogen-bond donors (Lipinski definition) is 1. The first-order valence-corrected chi connectivity index (χ1v) is 14.0. The van der Waals surface area contributed by atoms with Crippen LogP contribution in [-0.4, -0.2) is 28.0 Å². The minimum absolute atomic E-state index is 0.0727. The average molecular weight is 593 g/mol. The van der Waals surface area contributed by atoms with Gasteiger partial charge in [0, 0.05) is 17.0 Å². The molecule has 1 aliphatic rings. The van der Waals surface area contributed by atoms with E-state index in [4.69, 9.17) is 32.7 Å². The number of benzene rings is 2. The number of nitrogens with one attached hydrogen (secondary N) is 1. The van der Waals surface area contributed by atoms with Crippen molar-refractivity contribution in [2.24, 2.45) is 5.92 Å². The molecule has 0 aliphatic heterocycles. The molecule has 40 heavy (non-hydrogen) atoms. The maximum absolute atomic E-state index is 16.2. The van der Waals surface area contributed by atoms with Crippen molar-refractivity contribution in [3.05, 3.63) is 74.7 Å². The SMILES string of the molecule is Cc1cc(C(=O)OC(C)(C)C)c(C(OC=O)C(c2nc[nH]c2-c2ccc(F)c(Cl)c2)C2CCCCC2)c(F)c1Cl. The fraction of sp³-hybridized carbons (Fsp3) is 0.433. The molecule has 3 aromatic rings. The van der Waals surface area contributed by atoms with Crippen molar-refractivity contribution in [3.8, 4) is 11.3 Å². The molecule has 0 spiro atoms. The molecule has 2 aromatic carbocycles. The van der Waals surface area contributed by atoms with Crippen LogP contribution in [0.2, 0.25) is 10.0 Å². The van der Waals surface area contributed by atoms with E-state index in [-0.39, 0.29) is 33.6 Å². The summed E-state index contributed by atoms with van der Waals surface area (Å²) in [7, 11) is 0. The average Bonchev–Trinajstić information content (AvgIpc) is 3.37. The minimum Gasteiger partial charge on any atom is -0.459 e. The number of aromatic nitrogens is 2. The lowest BCUT2D eigenvalue weighted by Gasteiger charge is -2.35. The van der Waals surface area contributed by atoms with E-state index in [1.807, 2.05) is 0 Å². The van der Waals surface area contributed by atoms with Gasteiger partial charge in [-0.1, -0.05) is 42.5 Å². The van der Waals surface area contributed by atoms with Gasteiger partial charge in [-0.05, 0) is 76.3 Å². The van der Waals surface area contributed by atoms with E-state index in [1.165, 1.54) is 24.5 Å². The van der Waals surface area contributed by atoms with Crippen molar-refractivity contribution in [2.75, 3.05) is 0 Å². The molecule has 214 valence electrons. The van der Waals surface area contributed by atoms with E-state index >= 15 is 4.39 Å². The highest BCUT2D eigenvalue weighted by Gasteiger charge is 2.41. The zero-order valence-electron chi connectivity index (χ0n) is 22.8. The van der Waals surface area contributed by atoms with Gasteiger partial charge in [0.25, 0.3) is 6.47 Å². The second kappa shape index (κ2) is 12.3. The van der Waals surface area contributed by atoms with Crippen LogP contribution in [0.3, 0.4) is 0 Å². The standard InChI is InChI=1S/C30H32Cl2F2N2O4/c1-16-12-19(29(38)40-30(2,3)4)23(25(34)24(16)32)28(39-15-37)22(17-8-6-5-7-9-17)27-26(35-14-36-27)18-10-11-21(33)20(31)13-18/h10-15,17,22,28H,5-9H2,1-4H3,(H,35,36). The molecule has 1 N–H and O–H groups in total. The maximum Gasteiger partial charge on any atom is 0.339 e. The molecule has 1 heterocycles. The number of ether oxygens (including phenoxy) is 2. The molecule has 1 aliphatic carbocycles. The predicted octanol–water partition coefficient (Wildman–Crippen LogP) is 8.50. The van der Waals surface area contributed by atoms with E-state index in [0.717, 1.165) is 32.1 Å². The van der Waals surface area contributed by atoms with Crippen LogP contribution in [-0.2, 0) is 14.3 Å². The summed E-state index contributed by atoms with van der Waals surface area (Å²) in [6, 6.07) is 5.73. The van der Waals surface area contributed by atoms with Gasteiger partial charge in [0.05, 0.1) is 33.3 Å². The number of carbonyl (C=O) groups is 2. The zero-order chi connectivity index (χ0) is 29.2. The van der Waals surface area contributed by atoms with Crippen LogP contribution in [0.1, 0.15) is 92.1 Å². The number of nitrogens with zero attached hydrogens (tertiary/aromatic N) is 1. The molecule has 0 radical (unpaired) electrons. The van der Waals surface area contributed by atoms with Gasteiger partial charge >= 0.3 is 5.97 Å². The van der Waals surface area contributed by atoms with Crippen molar-refractivity contribution in [1.82, 2.24) is 9.97 Å². The summed E-state index contributed by atoms with van der Waals surface area (Å²) < 4.78 is 41.4. The number of aromatic amines is 1. The summed E-state index contributed by atoms with van der Waals surface area (Å²) in [6.45, 7) is 6.95. The molecule has 2 atom stereocenters. The molecule has 0 amide bonds. The summed E-state index contributed by atoms with van der Waals surface area (Å²) in [5, 5.41) is -0.256. The van der Waals surface area contributed by atoms with Crippen LogP contribution in [0.25, 0.3) is 11.3 Å². The molecule has 0 saturated heterocycles. The van der Waals surface area contributed by atoms with Crippen LogP contribution >= 0.6 is 23.2 Å². The van der Waals surface area contributed by atoms with Gasteiger partial charge in [0.2, 0.25) is 0 Å². The van der Waals surface area contributed by atoms with Crippen molar-refractivity contribution < 1.29 is 27.8 Å². The first-order valence-electron chi connectivity index (χ1n) is 13.2. The molecule has 10 heteroatoms. The number of hydrogen-bond acceptors (Lipinski definition) is 5. The minimum atomic E-state index is -1.26. The molecule has 0 bridgehead atoms. The predicted molar refractivity (Wildman–Crippen MR) is 150 cm³/mol. The normalized spacial score (nSPS) is 15.9. The lowest BCUT2D eigenvalue weighted by Crippen LogP contribution is -2.29.